The number of carbonyl (C=O) groups excluding carboxylic acids is 4. The second kappa shape index (κ2) is 18.6. The molecule has 1 saturated carbocycles. The number of aromatic amines is 2. The first-order chi connectivity index (χ1) is 30.4. The Labute approximate surface area is 369 Å². The van der Waals surface area contributed by atoms with E-state index < -0.39 is 24.3 Å². The van der Waals surface area contributed by atoms with Gasteiger partial charge in [0.25, 0.3) is 0 Å². The summed E-state index contributed by atoms with van der Waals surface area (Å²) in [4.78, 5) is 73.5. The molecule has 4 aliphatic rings. The topological polar surface area (TPSA) is 184 Å². The zero-order valence-electron chi connectivity index (χ0n) is 37.3. The molecule has 336 valence electrons. The third-order valence-electron chi connectivity index (χ3n) is 13.9. The second-order valence-electron chi connectivity index (χ2n) is 18.7. The minimum absolute atomic E-state index is 0.0854. The molecule has 1 spiro atoms. The number of aromatic nitrogens is 4. The lowest BCUT2D eigenvalue weighted by Gasteiger charge is -2.36. The van der Waals surface area contributed by atoms with E-state index in [-0.39, 0.29) is 47.2 Å². The number of benzene rings is 2. The van der Waals surface area contributed by atoms with Crippen molar-refractivity contribution in [2.75, 3.05) is 34.0 Å². The van der Waals surface area contributed by atoms with Gasteiger partial charge >= 0.3 is 12.2 Å². The standard InChI is InChI=1S/C48H62N8O7/c1-28(2)40(53-46(59)61-5)44(57)55-26-48(20-9-21-63-27-48)23-39(55)43-50-25-36(52-43)33-18-14-31(15-19-33)30-12-16-32(17-13-30)35-24-49-42(51-35)38-22-34-10-7-8-11-37(34)56(38)45(58)41(29(3)4)54-47(60)62-6/h12-19,24-25,28-29,34,37-41H,7-11,20-23,26-27H2,1-6H3,(H,49,51)(H,50,52)(H,53,59)(H,54,60)/t34-,37-,38-,39-,40-,41-,48-/m0/s1. The maximum Gasteiger partial charge on any atom is 0.407 e. The van der Waals surface area contributed by atoms with E-state index in [1.54, 1.807) is 0 Å². The number of hydrogen-bond acceptors (Lipinski definition) is 9. The summed E-state index contributed by atoms with van der Waals surface area (Å²) in [5.74, 6) is 1.38. The average molecular weight is 863 g/mol. The Balaban J connectivity index is 0.969. The van der Waals surface area contributed by atoms with Gasteiger partial charge in [-0.1, -0.05) is 89.1 Å². The Bertz CT molecular complexity index is 2250. The molecule has 4 N–H and O–H groups in total. The zero-order chi connectivity index (χ0) is 44.4. The normalized spacial score (nSPS) is 24.3. The predicted molar refractivity (Wildman–Crippen MR) is 237 cm³/mol. The third kappa shape index (κ3) is 9.07. The van der Waals surface area contributed by atoms with E-state index in [9.17, 15) is 19.2 Å². The molecule has 0 unspecified atom stereocenters. The van der Waals surface area contributed by atoms with Crippen molar-refractivity contribution in [2.24, 2.45) is 23.2 Å². The van der Waals surface area contributed by atoms with Gasteiger partial charge in [0.1, 0.15) is 23.7 Å². The van der Waals surface area contributed by atoms with Crippen LogP contribution in [0.3, 0.4) is 0 Å². The summed E-state index contributed by atoms with van der Waals surface area (Å²) in [6.07, 6.45) is 10.2. The van der Waals surface area contributed by atoms with Crippen LogP contribution < -0.4 is 10.6 Å². The van der Waals surface area contributed by atoms with Crippen molar-refractivity contribution in [3.63, 3.8) is 0 Å². The van der Waals surface area contributed by atoms with Crippen LogP contribution in [0.25, 0.3) is 33.6 Å². The van der Waals surface area contributed by atoms with Crippen molar-refractivity contribution in [1.29, 1.82) is 0 Å². The number of amides is 4. The molecule has 4 aromatic rings. The number of fused-ring (bicyclic) bond motifs is 1. The van der Waals surface area contributed by atoms with Crippen LogP contribution in [0.15, 0.2) is 60.9 Å². The molecule has 2 aromatic carbocycles. The van der Waals surface area contributed by atoms with Crippen LogP contribution in [-0.2, 0) is 23.8 Å². The molecule has 15 nitrogen and oxygen atoms in total. The van der Waals surface area contributed by atoms with E-state index in [1.807, 2.05) is 49.9 Å². The number of methoxy groups -OCH3 is 2. The first kappa shape index (κ1) is 43.9. The number of rotatable bonds is 11. The monoisotopic (exact) mass is 862 g/mol. The fraction of sp³-hybridized carbons (Fsp3) is 0.542. The first-order valence-electron chi connectivity index (χ1n) is 22.6. The van der Waals surface area contributed by atoms with E-state index in [2.05, 4.69) is 69.1 Å². The van der Waals surface area contributed by atoms with Crippen molar-refractivity contribution < 1.29 is 33.4 Å². The maximum atomic E-state index is 14.2. The molecule has 15 heteroatoms. The van der Waals surface area contributed by atoms with Crippen LogP contribution in [0.4, 0.5) is 9.59 Å². The summed E-state index contributed by atoms with van der Waals surface area (Å²) in [6, 6.07) is 14.9. The van der Waals surface area contributed by atoms with Gasteiger partial charge in [-0.2, -0.15) is 0 Å². The number of H-pyrrole nitrogens is 2. The number of nitrogens with zero attached hydrogens (tertiary/aromatic N) is 4. The lowest BCUT2D eigenvalue weighted by atomic mass is 9.80. The molecule has 63 heavy (non-hydrogen) atoms. The molecule has 2 aromatic heterocycles. The number of nitrogens with one attached hydrogen (secondary N) is 4. The molecule has 0 radical (unpaired) electrons. The molecule has 3 aliphatic heterocycles. The SMILES string of the molecule is COC(=O)N[C@H](C(=O)N1C[C@]2(CCCOC2)C[C@H]1c1ncc(-c2ccc(-c3ccc(-c4cnc([C@@H]5C[C@@H]6CCCC[C@@H]6N5C(=O)[C@@H](NC(=O)OC)C(C)C)[nH]4)cc3)cc2)[nH]1)C(C)C. The van der Waals surface area contributed by atoms with Gasteiger partial charge in [0, 0.05) is 24.6 Å². The van der Waals surface area contributed by atoms with Crippen molar-refractivity contribution >= 4 is 24.0 Å². The fourth-order valence-electron chi connectivity index (χ4n) is 10.5. The Morgan fingerprint density at radius 3 is 1.78 bits per heavy atom. The van der Waals surface area contributed by atoms with Crippen LogP contribution in [0.2, 0.25) is 0 Å². The summed E-state index contributed by atoms with van der Waals surface area (Å²) < 4.78 is 15.7. The number of imidazole rings is 2. The van der Waals surface area contributed by atoms with Crippen LogP contribution >= 0.6 is 0 Å². The minimum Gasteiger partial charge on any atom is -0.453 e. The van der Waals surface area contributed by atoms with Crippen LogP contribution in [0.1, 0.15) is 103 Å². The average Bonchev–Trinajstić information content (AvgIpc) is 4.12. The maximum absolute atomic E-state index is 14.2. The van der Waals surface area contributed by atoms with E-state index in [4.69, 9.17) is 24.2 Å². The summed E-state index contributed by atoms with van der Waals surface area (Å²) in [5.41, 5.74) is 5.63. The highest BCUT2D eigenvalue weighted by molar-refractivity contribution is 5.87. The predicted octanol–water partition coefficient (Wildman–Crippen LogP) is 7.80. The van der Waals surface area contributed by atoms with Gasteiger partial charge in [-0.3, -0.25) is 9.59 Å². The van der Waals surface area contributed by atoms with Crippen molar-refractivity contribution in [3.05, 3.63) is 72.6 Å². The van der Waals surface area contributed by atoms with Gasteiger partial charge in [0.05, 0.1) is 56.7 Å². The molecule has 4 amide bonds. The molecular weight excluding hydrogens is 801 g/mol. The Morgan fingerprint density at radius 1 is 0.730 bits per heavy atom. The smallest absolute Gasteiger partial charge is 0.407 e. The molecule has 8 rings (SSSR count). The van der Waals surface area contributed by atoms with Crippen molar-refractivity contribution in [3.8, 4) is 33.6 Å². The molecule has 0 bridgehead atoms. The Hall–Kier alpha value is -5.70. The Morgan fingerprint density at radius 2 is 1.25 bits per heavy atom. The number of alkyl carbamates (subject to hydrolysis) is 2. The van der Waals surface area contributed by atoms with Gasteiger partial charge in [0.15, 0.2) is 0 Å². The molecule has 7 atom stereocenters. The molecule has 5 heterocycles. The minimum atomic E-state index is -0.737. The van der Waals surface area contributed by atoms with Crippen LogP contribution in [-0.4, -0.2) is 106 Å². The third-order valence-corrected chi connectivity index (χ3v) is 13.9. The van der Waals surface area contributed by atoms with Crippen molar-refractivity contribution in [1.82, 2.24) is 40.4 Å². The summed E-state index contributed by atoms with van der Waals surface area (Å²) in [7, 11) is 2.61. The second-order valence-corrected chi connectivity index (χ2v) is 18.7. The molecule has 1 aliphatic carbocycles. The van der Waals surface area contributed by atoms with Gasteiger partial charge < -0.3 is 44.6 Å². The van der Waals surface area contributed by atoms with Gasteiger partial charge in [0.2, 0.25) is 11.8 Å². The quantitative estimate of drug-likeness (QED) is 0.117. The highest BCUT2D eigenvalue weighted by Gasteiger charge is 2.51. The van der Waals surface area contributed by atoms with Crippen molar-refractivity contribution in [2.45, 2.75) is 109 Å². The largest absolute Gasteiger partial charge is 0.453 e. The zero-order valence-corrected chi connectivity index (χ0v) is 37.3. The number of hydrogen-bond donors (Lipinski definition) is 4. The number of carbonyl (C=O) groups is 4. The number of ether oxygens (including phenoxy) is 3. The van der Waals surface area contributed by atoms with E-state index in [1.165, 1.54) is 14.2 Å². The van der Waals surface area contributed by atoms with Crippen LogP contribution in [0, 0.1) is 23.2 Å². The summed E-state index contributed by atoms with van der Waals surface area (Å²) in [5, 5.41) is 5.55. The lowest BCUT2D eigenvalue weighted by molar-refractivity contribution is -0.138. The van der Waals surface area contributed by atoms with Gasteiger partial charge in [-0.25, -0.2) is 19.6 Å². The van der Waals surface area contributed by atoms with Gasteiger partial charge in [-0.05, 0) is 78.5 Å². The van der Waals surface area contributed by atoms with E-state index in [0.717, 1.165) is 97.4 Å². The first-order valence-corrected chi connectivity index (χ1v) is 22.6. The molecular formula is C48H62N8O7. The number of likely N-dealkylation sites (tertiary alicyclic amines) is 2. The highest BCUT2D eigenvalue weighted by Crippen LogP contribution is 2.48. The molecule has 4 fully saturated rings. The molecule has 3 saturated heterocycles. The van der Waals surface area contributed by atoms with Crippen LogP contribution in [0.5, 0.6) is 0 Å². The lowest BCUT2D eigenvalue weighted by Crippen LogP contribution is -2.53. The van der Waals surface area contributed by atoms with Gasteiger partial charge in [-0.15, -0.1) is 0 Å². The summed E-state index contributed by atoms with van der Waals surface area (Å²) >= 11 is 0. The summed E-state index contributed by atoms with van der Waals surface area (Å²) in [6.45, 7) is 9.55. The highest BCUT2D eigenvalue weighted by atomic mass is 16.5. The van der Waals surface area contributed by atoms with E-state index >= 15 is 0 Å². The Kier molecular flexibility index (Phi) is 12.9. The fourth-order valence-corrected chi connectivity index (χ4v) is 10.5. The van der Waals surface area contributed by atoms with E-state index in [0.29, 0.717) is 24.9 Å².